The van der Waals surface area contributed by atoms with Crippen molar-refractivity contribution in [3.05, 3.63) is 0 Å². The van der Waals surface area contributed by atoms with E-state index in [1.54, 1.807) is 0 Å². The molecule has 0 aromatic carbocycles. The van der Waals surface area contributed by atoms with Crippen LogP contribution in [0.3, 0.4) is 0 Å². The number of amides is 1. The first-order valence-electron chi connectivity index (χ1n) is 7.60. The summed E-state index contributed by atoms with van der Waals surface area (Å²) in [6.45, 7) is 7.79. The van der Waals surface area contributed by atoms with Crippen LogP contribution in [0.5, 0.6) is 0 Å². The molecule has 3 unspecified atom stereocenters. The Labute approximate surface area is 115 Å². The number of rotatable bonds is 2. The number of hydrogen-bond acceptors (Lipinski definition) is 4. The fourth-order valence-corrected chi connectivity index (χ4v) is 3.60. The van der Waals surface area contributed by atoms with E-state index in [4.69, 9.17) is 4.74 Å². The van der Waals surface area contributed by atoms with E-state index in [1.807, 2.05) is 0 Å². The predicted octanol–water partition coefficient (Wildman–Crippen LogP) is 0.0600. The molecular formula is C14H25N3O2. The van der Waals surface area contributed by atoms with Gasteiger partial charge >= 0.3 is 0 Å². The average Bonchev–Trinajstić information content (AvgIpc) is 2.86. The van der Waals surface area contributed by atoms with Crippen molar-refractivity contribution in [1.82, 2.24) is 15.1 Å². The van der Waals surface area contributed by atoms with Crippen LogP contribution in [0, 0.1) is 0 Å². The fraction of sp³-hybridized carbons (Fsp3) is 0.929. The molecule has 0 saturated carbocycles. The molecule has 1 N–H and O–H groups in total. The van der Waals surface area contributed by atoms with Crippen LogP contribution in [-0.4, -0.2) is 73.2 Å². The SMILES string of the molecule is CC1CN2CCCC2CN1C(=O)CC1CNCCO1. The Kier molecular flexibility index (Phi) is 4.05. The third kappa shape index (κ3) is 2.93. The molecule has 0 radical (unpaired) electrons. The topological polar surface area (TPSA) is 44.8 Å². The zero-order chi connectivity index (χ0) is 13.2. The van der Waals surface area contributed by atoms with Crippen LogP contribution in [0.1, 0.15) is 26.2 Å². The summed E-state index contributed by atoms with van der Waals surface area (Å²) in [5, 5.41) is 3.29. The van der Waals surface area contributed by atoms with Crippen LogP contribution < -0.4 is 5.32 Å². The highest BCUT2D eigenvalue weighted by atomic mass is 16.5. The molecule has 0 aliphatic carbocycles. The maximum Gasteiger partial charge on any atom is 0.225 e. The quantitative estimate of drug-likeness (QED) is 0.768. The monoisotopic (exact) mass is 267 g/mol. The van der Waals surface area contributed by atoms with Crippen molar-refractivity contribution in [2.75, 3.05) is 39.3 Å². The van der Waals surface area contributed by atoms with Crippen molar-refractivity contribution in [1.29, 1.82) is 0 Å². The van der Waals surface area contributed by atoms with Crippen molar-refractivity contribution >= 4 is 5.91 Å². The highest BCUT2D eigenvalue weighted by Crippen LogP contribution is 2.25. The van der Waals surface area contributed by atoms with Gasteiger partial charge in [0, 0.05) is 38.3 Å². The smallest absolute Gasteiger partial charge is 0.225 e. The van der Waals surface area contributed by atoms with Crippen molar-refractivity contribution < 1.29 is 9.53 Å². The van der Waals surface area contributed by atoms with Crippen LogP contribution in [0.25, 0.3) is 0 Å². The molecule has 3 saturated heterocycles. The summed E-state index contributed by atoms with van der Waals surface area (Å²) in [6.07, 6.45) is 3.13. The number of fused-ring (bicyclic) bond motifs is 1. The second kappa shape index (κ2) is 5.77. The lowest BCUT2D eigenvalue weighted by molar-refractivity contribution is -0.140. The Morgan fingerprint density at radius 2 is 2.32 bits per heavy atom. The average molecular weight is 267 g/mol. The Hall–Kier alpha value is -0.650. The van der Waals surface area contributed by atoms with Gasteiger partial charge < -0.3 is 15.0 Å². The van der Waals surface area contributed by atoms with Crippen molar-refractivity contribution in [3.8, 4) is 0 Å². The predicted molar refractivity (Wildman–Crippen MR) is 73.0 cm³/mol. The molecule has 3 rings (SSSR count). The Bertz CT molecular complexity index is 331. The molecule has 19 heavy (non-hydrogen) atoms. The van der Waals surface area contributed by atoms with Crippen LogP contribution in [-0.2, 0) is 9.53 Å². The number of ether oxygens (including phenoxy) is 1. The van der Waals surface area contributed by atoms with Crippen LogP contribution in [0.2, 0.25) is 0 Å². The number of piperazine rings is 1. The van der Waals surface area contributed by atoms with Gasteiger partial charge in [-0.3, -0.25) is 9.69 Å². The molecule has 5 heteroatoms. The highest BCUT2D eigenvalue weighted by molar-refractivity contribution is 5.77. The molecule has 3 atom stereocenters. The third-order valence-corrected chi connectivity index (χ3v) is 4.66. The van der Waals surface area contributed by atoms with Gasteiger partial charge in [0.1, 0.15) is 0 Å². The lowest BCUT2D eigenvalue weighted by Crippen LogP contribution is -2.57. The molecule has 0 bridgehead atoms. The molecule has 0 aromatic heterocycles. The van der Waals surface area contributed by atoms with Gasteiger partial charge in [0.15, 0.2) is 0 Å². The summed E-state index contributed by atoms with van der Waals surface area (Å²) in [7, 11) is 0. The fourth-order valence-electron chi connectivity index (χ4n) is 3.60. The van der Waals surface area contributed by atoms with E-state index in [0.717, 1.165) is 32.8 Å². The van der Waals surface area contributed by atoms with Crippen molar-refractivity contribution in [2.45, 2.75) is 44.4 Å². The first kappa shape index (κ1) is 13.3. The number of nitrogens with one attached hydrogen (secondary N) is 1. The number of hydrogen-bond donors (Lipinski definition) is 1. The Morgan fingerprint density at radius 1 is 1.42 bits per heavy atom. The van der Waals surface area contributed by atoms with E-state index in [9.17, 15) is 4.79 Å². The summed E-state index contributed by atoms with van der Waals surface area (Å²) in [5.41, 5.74) is 0. The van der Waals surface area contributed by atoms with E-state index in [2.05, 4.69) is 22.0 Å². The molecule has 3 aliphatic heterocycles. The van der Waals surface area contributed by atoms with Gasteiger partial charge in [-0.2, -0.15) is 0 Å². The number of morpholine rings is 1. The lowest BCUT2D eigenvalue weighted by atomic mass is 10.1. The summed E-state index contributed by atoms with van der Waals surface area (Å²) < 4.78 is 5.64. The second-order valence-corrected chi connectivity index (χ2v) is 6.09. The zero-order valence-electron chi connectivity index (χ0n) is 11.8. The standard InChI is InChI=1S/C14H25N3O2/c1-11-9-16-5-2-3-12(16)10-17(11)14(18)7-13-8-15-4-6-19-13/h11-13,15H,2-10H2,1H3. The number of carbonyl (C=O) groups excluding carboxylic acids is 1. The van der Waals surface area contributed by atoms with E-state index in [1.165, 1.54) is 19.4 Å². The Morgan fingerprint density at radius 3 is 3.11 bits per heavy atom. The minimum atomic E-state index is 0.0649. The lowest BCUT2D eigenvalue weighted by Gasteiger charge is -2.42. The van der Waals surface area contributed by atoms with Gasteiger partial charge in [0.05, 0.1) is 19.1 Å². The molecule has 3 aliphatic rings. The van der Waals surface area contributed by atoms with Gasteiger partial charge in [-0.15, -0.1) is 0 Å². The first-order chi connectivity index (χ1) is 9.24. The highest BCUT2D eigenvalue weighted by Gasteiger charge is 2.36. The minimum Gasteiger partial charge on any atom is -0.375 e. The van der Waals surface area contributed by atoms with Crippen LogP contribution in [0.4, 0.5) is 0 Å². The molecule has 0 aromatic rings. The summed E-state index contributed by atoms with van der Waals surface area (Å²) in [5.74, 6) is 0.271. The molecule has 3 fully saturated rings. The van der Waals surface area contributed by atoms with Crippen molar-refractivity contribution in [2.24, 2.45) is 0 Å². The van der Waals surface area contributed by atoms with E-state index >= 15 is 0 Å². The molecular weight excluding hydrogens is 242 g/mol. The first-order valence-corrected chi connectivity index (χ1v) is 7.60. The third-order valence-electron chi connectivity index (χ3n) is 4.66. The molecule has 108 valence electrons. The normalized spacial score (nSPS) is 36.3. The van der Waals surface area contributed by atoms with E-state index in [0.29, 0.717) is 18.5 Å². The Balaban J connectivity index is 1.56. The van der Waals surface area contributed by atoms with Gasteiger partial charge in [-0.05, 0) is 26.3 Å². The maximum atomic E-state index is 12.5. The van der Waals surface area contributed by atoms with E-state index in [-0.39, 0.29) is 12.0 Å². The number of nitrogens with zero attached hydrogens (tertiary/aromatic N) is 2. The number of carbonyl (C=O) groups is 1. The second-order valence-electron chi connectivity index (χ2n) is 6.09. The summed E-state index contributed by atoms with van der Waals surface area (Å²) >= 11 is 0. The summed E-state index contributed by atoms with van der Waals surface area (Å²) in [4.78, 5) is 17.1. The van der Waals surface area contributed by atoms with Gasteiger partial charge in [0.25, 0.3) is 0 Å². The van der Waals surface area contributed by atoms with E-state index < -0.39 is 0 Å². The van der Waals surface area contributed by atoms with Crippen LogP contribution in [0.15, 0.2) is 0 Å². The zero-order valence-corrected chi connectivity index (χ0v) is 11.8. The van der Waals surface area contributed by atoms with Gasteiger partial charge in [0.2, 0.25) is 5.91 Å². The van der Waals surface area contributed by atoms with Gasteiger partial charge in [-0.1, -0.05) is 0 Å². The minimum absolute atomic E-state index is 0.0649. The molecule has 0 spiro atoms. The molecule has 1 amide bonds. The molecule has 3 heterocycles. The van der Waals surface area contributed by atoms with Gasteiger partial charge in [-0.25, -0.2) is 0 Å². The van der Waals surface area contributed by atoms with Crippen LogP contribution >= 0.6 is 0 Å². The maximum absolute atomic E-state index is 12.5. The molecule has 5 nitrogen and oxygen atoms in total. The largest absolute Gasteiger partial charge is 0.375 e. The summed E-state index contributed by atoms with van der Waals surface area (Å²) in [6, 6.07) is 0.948. The van der Waals surface area contributed by atoms with Crippen molar-refractivity contribution in [3.63, 3.8) is 0 Å².